The van der Waals surface area contributed by atoms with Crippen LogP contribution in [0.15, 0.2) is 6.07 Å². The molecular formula is C12H20N4O. The molecule has 4 N–H and O–H groups in total. The van der Waals surface area contributed by atoms with Crippen LogP contribution in [0.3, 0.4) is 0 Å². The van der Waals surface area contributed by atoms with Gasteiger partial charge in [0.25, 0.3) is 0 Å². The highest BCUT2D eigenvalue weighted by Gasteiger charge is 2.34. The Morgan fingerprint density at radius 1 is 1.53 bits per heavy atom. The van der Waals surface area contributed by atoms with Gasteiger partial charge in [-0.2, -0.15) is 5.10 Å². The summed E-state index contributed by atoms with van der Waals surface area (Å²) in [6, 6.07) is 2.16. The lowest BCUT2D eigenvalue weighted by Gasteiger charge is -2.36. The van der Waals surface area contributed by atoms with Gasteiger partial charge in [0.1, 0.15) is 5.82 Å². The zero-order valence-corrected chi connectivity index (χ0v) is 10.6. The zero-order valence-electron chi connectivity index (χ0n) is 10.6. The maximum absolute atomic E-state index is 11.8. The number of aromatic amines is 1. The van der Waals surface area contributed by atoms with Gasteiger partial charge in [0, 0.05) is 29.1 Å². The van der Waals surface area contributed by atoms with Gasteiger partial charge in [-0.3, -0.25) is 9.89 Å². The monoisotopic (exact) mass is 236 g/mol. The molecule has 1 aliphatic rings. The summed E-state index contributed by atoms with van der Waals surface area (Å²) >= 11 is 0. The topological polar surface area (TPSA) is 83.8 Å². The molecule has 0 spiro atoms. The number of nitrogens with zero attached hydrogens (tertiary/aromatic N) is 1. The van der Waals surface area contributed by atoms with Crippen LogP contribution in [-0.2, 0) is 4.79 Å². The third kappa shape index (κ3) is 2.60. The minimum Gasteiger partial charge on any atom is -0.382 e. The number of carbonyl (C=O) groups is 1. The van der Waals surface area contributed by atoms with Gasteiger partial charge in [-0.1, -0.05) is 20.8 Å². The van der Waals surface area contributed by atoms with Crippen LogP contribution in [0, 0.1) is 5.41 Å². The smallest absolute Gasteiger partial charge is 0.225 e. The number of aromatic nitrogens is 2. The van der Waals surface area contributed by atoms with Crippen LogP contribution in [0.5, 0.6) is 0 Å². The van der Waals surface area contributed by atoms with Crippen LogP contribution in [0.1, 0.15) is 45.2 Å². The summed E-state index contributed by atoms with van der Waals surface area (Å²) in [6.45, 7) is 5.77. The van der Waals surface area contributed by atoms with Crippen molar-refractivity contribution in [3.63, 3.8) is 0 Å². The summed E-state index contributed by atoms with van der Waals surface area (Å²) in [6.07, 6.45) is 1.92. The third-order valence-corrected chi connectivity index (χ3v) is 3.21. The number of hydrogen-bond donors (Lipinski definition) is 3. The van der Waals surface area contributed by atoms with Crippen LogP contribution < -0.4 is 11.1 Å². The maximum Gasteiger partial charge on any atom is 0.225 e. The standard InChI is InChI=1S/C12H20N4O/c1-12(2,3)11(17)14-8-4-7(5-8)9-6-10(13)16-15-9/h6-8H,4-5H2,1-3H3,(H,14,17)(H3,13,15,16). The van der Waals surface area contributed by atoms with Crippen LogP contribution in [0.25, 0.3) is 0 Å². The van der Waals surface area contributed by atoms with Gasteiger partial charge in [0.05, 0.1) is 0 Å². The normalized spacial score (nSPS) is 24.2. The highest BCUT2D eigenvalue weighted by Crippen LogP contribution is 2.36. The number of H-pyrrole nitrogens is 1. The zero-order chi connectivity index (χ0) is 12.6. The number of nitrogen functional groups attached to an aromatic ring is 1. The summed E-state index contributed by atoms with van der Waals surface area (Å²) in [7, 11) is 0. The van der Waals surface area contributed by atoms with Crippen molar-refractivity contribution in [2.75, 3.05) is 5.73 Å². The molecule has 0 saturated heterocycles. The Balaban J connectivity index is 1.82. The van der Waals surface area contributed by atoms with E-state index < -0.39 is 0 Å². The molecule has 0 radical (unpaired) electrons. The van der Waals surface area contributed by atoms with Gasteiger partial charge in [-0.05, 0) is 12.8 Å². The second kappa shape index (κ2) is 4.05. The first-order chi connectivity index (χ1) is 7.86. The predicted octanol–water partition coefficient (Wildman–Crippen LogP) is 1.40. The predicted molar refractivity (Wildman–Crippen MR) is 66.4 cm³/mol. The van der Waals surface area contributed by atoms with Crippen molar-refractivity contribution < 1.29 is 4.79 Å². The number of nitrogens with two attached hydrogens (primary N) is 1. The second-order valence-electron chi connectivity index (χ2n) is 5.84. The van der Waals surface area contributed by atoms with E-state index in [0.29, 0.717) is 11.7 Å². The van der Waals surface area contributed by atoms with E-state index in [1.54, 1.807) is 0 Å². The average Bonchev–Trinajstić information content (AvgIpc) is 2.55. The summed E-state index contributed by atoms with van der Waals surface area (Å²) in [5.41, 5.74) is 6.31. The molecule has 1 aliphatic carbocycles. The number of amides is 1. The van der Waals surface area contributed by atoms with Gasteiger partial charge in [0.15, 0.2) is 0 Å². The molecule has 0 aliphatic heterocycles. The van der Waals surface area contributed by atoms with E-state index in [1.807, 2.05) is 26.8 Å². The Kier molecular flexibility index (Phi) is 2.85. The Bertz CT molecular complexity index is 412. The van der Waals surface area contributed by atoms with Crippen molar-refractivity contribution in [3.8, 4) is 0 Å². The minimum atomic E-state index is -0.316. The van der Waals surface area contributed by atoms with E-state index in [-0.39, 0.29) is 17.4 Å². The molecule has 1 fully saturated rings. The van der Waals surface area contributed by atoms with Gasteiger partial charge in [0.2, 0.25) is 5.91 Å². The molecule has 1 amide bonds. The van der Waals surface area contributed by atoms with Gasteiger partial charge in [-0.15, -0.1) is 0 Å². The van der Waals surface area contributed by atoms with Crippen molar-refractivity contribution in [2.45, 2.75) is 45.6 Å². The largest absolute Gasteiger partial charge is 0.382 e. The van der Waals surface area contributed by atoms with Crippen molar-refractivity contribution in [1.82, 2.24) is 15.5 Å². The Morgan fingerprint density at radius 2 is 2.18 bits per heavy atom. The molecule has 1 aromatic heterocycles. The van der Waals surface area contributed by atoms with Gasteiger partial charge >= 0.3 is 0 Å². The molecule has 0 atom stereocenters. The average molecular weight is 236 g/mol. The van der Waals surface area contributed by atoms with E-state index in [9.17, 15) is 4.79 Å². The number of nitrogens with one attached hydrogen (secondary N) is 2. The molecule has 0 aromatic carbocycles. The first-order valence-corrected chi connectivity index (χ1v) is 5.98. The number of rotatable bonds is 2. The molecule has 1 aromatic rings. The Hall–Kier alpha value is -1.52. The lowest BCUT2D eigenvalue weighted by molar-refractivity contribution is -0.129. The van der Waals surface area contributed by atoms with Crippen molar-refractivity contribution in [1.29, 1.82) is 0 Å². The second-order valence-corrected chi connectivity index (χ2v) is 5.84. The van der Waals surface area contributed by atoms with Crippen LogP contribution in [0.4, 0.5) is 5.82 Å². The van der Waals surface area contributed by atoms with Crippen molar-refractivity contribution >= 4 is 11.7 Å². The molecule has 0 bridgehead atoms. The maximum atomic E-state index is 11.8. The fourth-order valence-corrected chi connectivity index (χ4v) is 1.95. The number of hydrogen-bond acceptors (Lipinski definition) is 3. The molecule has 94 valence electrons. The van der Waals surface area contributed by atoms with E-state index in [4.69, 9.17) is 5.73 Å². The van der Waals surface area contributed by atoms with Gasteiger partial charge in [-0.25, -0.2) is 0 Å². The quantitative estimate of drug-likeness (QED) is 0.725. The number of carbonyl (C=O) groups excluding carboxylic acids is 1. The van der Waals surface area contributed by atoms with E-state index in [0.717, 1.165) is 18.5 Å². The number of anilines is 1. The Morgan fingerprint density at radius 3 is 2.65 bits per heavy atom. The summed E-state index contributed by atoms with van der Waals surface area (Å²) < 4.78 is 0. The SMILES string of the molecule is CC(C)(C)C(=O)NC1CC(c2cc(N)n[nH]2)C1. The molecule has 0 unspecified atom stereocenters. The third-order valence-electron chi connectivity index (χ3n) is 3.21. The fourth-order valence-electron chi connectivity index (χ4n) is 1.95. The van der Waals surface area contributed by atoms with E-state index >= 15 is 0 Å². The molecule has 5 nitrogen and oxygen atoms in total. The summed E-state index contributed by atoms with van der Waals surface area (Å²) in [5.74, 6) is 1.09. The van der Waals surface area contributed by atoms with E-state index in [2.05, 4.69) is 15.5 Å². The first kappa shape index (κ1) is 12.0. The molecular weight excluding hydrogens is 216 g/mol. The molecule has 1 saturated carbocycles. The van der Waals surface area contributed by atoms with Gasteiger partial charge < -0.3 is 11.1 Å². The lowest BCUT2D eigenvalue weighted by atomic mass is 9.77. The minimum absolute atomic E-state index is 0.116. The van der Waals surface area contributed by atoms with Crippen molar-refractivity contribution in [3.05, 3.63) is 11.8 Å². The molecule has 1 heterocycles. The van der Waals surface area contributed by atoms with Crippen LogP contribution >= 0.6 is 0 Å². The first-order valence-electron chi connectivity index (χ1n) is 5.98. The highest BCUT2D eigenvalue weighted by molar-refractivity contribution is 5.81. The van der Waals surface area contributed by atoms with Crippen molar-refractivity contribution in [2.24, 2.45) is 5.41 Å². The fraction of sp³-hybridized carbons (Fsp3) is 0.667. The van der Waals surface area contributed by atoms with E-state index in [1.165, 1.54) is 0 Å². The van der Waals surface area contributed by atoms with Crippen LogP contribution in [0.2, 0.25) is 0 Å². The van der Waals surface area contributed by atoms with Crippen LogP contribution in [-0.4, -0.2) is 22.1 Å². The Labute approximate surface area is 101 Å². The summed E-state index contributed by atoms with van der Waals surface area (Å²) in [4.78, 5) is 11.8. The molecule has 17 heavy (non-hydrogen) atoms. The molecule has 2 rings (SSSR count). The highest BCUT2D eigenvalue weighted by atomic mass is 16.2. The lowest BCUT2D eigenvalue weighted by Crippen LogP contribution is -2.47. The molecule has 5 heteroatoms. The summed E-state index contributed by atoms with van der Waals surface area (Å²) in [5, 5.41) is 9.89.